The fraction of sp³-hybridized carbons (Fsp3) is 0.571. The summed E-state index contributed by atoms with van der Waals surface area (Å²) < 4.78 is 15.8. The number of amides is 2. The van der Waals surface area contributed by atoms with Crippen molar-refractivity contribution in [3.8, 4) is 0 Å². The molecule has 0 heterocycles. The van der Waals surface area contributed by atoms with Gasteiger partial charge in [-0.05, 0) is 32.8 Å². The van der Waals surface area contributed by atoms with Crippen molar-refractivity contribution < 1.29 is 28.6 Å². The van der Waals surface area contributed by atoms with Gasteiger partial charge >= 0.3 is 12.1 Å². The number of nitrogens with one attached hydrogen (secondary N) is 2. The molecule has 29 heavy (non-hydrogen) atoms. The van der Waals surface area contributed by atoms with Gasteiger partial charge in [0.25, 0.3) is 5.91 Å². The van der Waals surface area contributed by atoms with Crippen LogP contribution in [-0.2, 0) is 30.3 Å². The molecule has 2 amide bonds. The van der Waals surface area contributed by atoms with Crippen molar-refractivity contribution in [1.29, 1.82) is 0 Å². The number of carbonyl (C=O) groups excluding carboxylic acids is 3. The summed E-state index contributed by atoms with van der Waals surface area (Å²) in [6.45, 7) is 7.22. The van der Waals surface area contributed by atoms with Crippen molar-refractivity contribution in [3.63, 3.8) is 0 Å². The molecule has 0 spiro atoms. The zero-order valence-electron chi connectivity index (χ0n) is 17.8. The smallest absolute Gasteiger partial charge is 0.408 e. The maximum atomic E-state index is 12.8. The molecule has 0 aliphatic rings. The third-order valence-electron chi connectivity index (χ3n) is 3.69. The van der Waals surface area contributed by atoms with Gasteiger partial charge in [0.2, 0.25) is 6.10 Å². The highest BCUT2D eigenvalue weighted by atomic mass is 16.6. The van der Waals surface area contributed by atoms with Crippen molar-refractivity contribution >= 4 is 18.0 Å². The van der Waals surface area contributed by atoms with Gasteiger partial charge in [0, 0.05) is 20.1 Å². The predicted octanol–water partition coefficient (Wildman–Crippen LogP) is 2.55. The van der Waals surface area contributed by atoms with Crippen LogP contribution in [0.25, 0.3) is 0 Å². The molecule has 8 heteroatoms. The Bertz CT molecular complexity index is 657. The van der Waals surface area contributed by atoms with Crippen LogP contribution in [0, 0.1) is 0 Å². The lowest BCUT2D eigenvalue weighted by molar-refractivity contribution is -0.158. The van der Waals surface area contributed by atoms with E-state index in [1.165, 1.54) is 7.11 Å². The second kappa shape index (κ2) is 12.1. The van der Waals surface area contributed by atoms with Crippen molar-refractivity contribution in [1.82, 2.24) is 10.6 Å². The Morgan fingerprint density at radius 1 is 1.10 bits per heavy atom. The third-order valence-corrected chi connectivity index (χ3v) is 3.69. The Kier molecular flexibility index (Phi) is 10.2. The quantitative estimate of drug-likeness (QED) is 0.577. The molecule has 0 bridgehead atoms. The molecule has 0 radical (unpaired) electrons. The predicted molar refractivity (Wildman–Crippen MR) is 108 cm³/mol. The van der Waals surface area contributed by atoms with E-state index in [4.69, 9.17) is 14.2 Å². The monoisotopic (exact) mass is 408 g/mol. The van der Waals surface area contributed by atoms with Crippen LogP contribution in [0.15, 0.2) is 30.3 Å². The van der Waals surface area contributed by atoms with Crippen LogP contribution in [0.3, 0.4) is 0 Å². The van der Waals surface area contributed by atoms with Crippen LogP contribution in [0.1, 0.15) is 46.1 Å². The molecular weight excluding hydrogens is 376 g/mol. The molecule has 0 aromatic heterocycles. The van der Waals surface area contributed by atoms with Gasteiger partial charge in [0.15, 0.2) is 0 Å². The van der Waals surface area contributed by atoms with E-state index < -0.39 is 35.7 Å². The zero-order valence-corrected chi connectivity index (χ0v) is 17.8. The highest BCUT2D eigenvalue weighted by Crippen LogP contribution is 2.10. The fourth-order valence-corrected chi connectivity index (χ4v) is 2.45. The normalized spacial score (nSPS) is 13.1. The minimum Gasteiger partial charge on any atom is -0.450 e. The van der Waals surface area contributed by atoms with Crippen LogP contribution in [0.2, 0.25) is 0 Å². The Hall–Kier alpha value is -2.61. The highest BCUT2D eigenvalue weighted by Gasteiger charge is 2.34. The molecule has 1 aromatic carbocycles. The summed E-state index contributed by atoms with van der Waals surface area (Å²) in [5, 5.41) is 5.32. The molecule has 2 atom stereocenters. The number of hydrogen-bond acceptors (Lipinski definition) is 6. The van der Waals surface area contributed by atoms with E-state index in [1.807, 2.05) is 37.3 Å². The number of esters is 1. The standard InChI is InChI=1S/C21H32N2O6/c1-6-10-17(24)28-18(19(25)22-13-15-11-8-7-9-12-15)16(14-27-5)23-20(26)29-21(2,3)4/h7-9,11-12,16,18H,6,10,13-14H2,1-5H3,(H,22,25)(H,23,26). The summed E-state index contributed by atoms with van der Waals surface area (Å²) >= 11 is 0. The van der Waals surface area contributed by atoms with Crippen LogP contribution in [-0.4, -0.2) is 49.4 Å². The van der Waals surface area contributed by atoms with E-state index in [1.54, 1.807) is 20.8 Å². The number of methoxy groups -OCH3 is 1. The Morgan fingerprint density at radius 3 is 2.31 bits per heavy atom. The summed E-state index contributed by atoms with van der Waals surface area (Å²) in [5.41, 5.74) is 0.175. The summed E-state index contributed by atoms with van der Waals surface area (Å²) in [7, 11) is 1.43. The molecular formula is C21H32N2O6. The van der Waals surface area contributed by atoms with E-state index in [-0.39, 0.29) is 19.6 Å². The molecule has 0 fully saturated rings. The first kappa shape index (κ1) is 24.4. The number of hydrogen-bond donors (Lipinski definition) is 2. The molecule has 1 aromatic rings. The van der Waals surface area contributed by atoms with Gasteiger partial charge in [0.1, 0.15) is 11.6 Å². The van der Waals surface area contributed by atoms with Crippen molar-refractivity contribution in [2.75, 3.05) is 13.7 Å². The lowest BCUT2D eigenvalue weighted by Crippen LogP contribution is -2.55. The fourth-order valence-electron chi connectivity index (χ4n) is 2.45. The molecule has 0 saturated heterocycles. The molecule has 8 nitrogen and oxygen atoms in total. The Balaban J connectivity index is 2.93. The Labute approximate surface area is 172 Å². The maximum absolute atomic E-state index is 12.8. The van der Waals surface area contributed by atoms with Crippen LogP contribution < -0.4 is 10.6 Å². The first-order chi connectivity index (χ1) is 13.7. The van der Waals surface area contributed by atoms with Gasteiger partial charge in [-0.25, -0.2) is 4.79 Å². The Morgan fingerprint density at radius 2 is 1.76 bits per heavy atom. The van der Waals surface area contributed by atoms with Crippen molar-refractivity contribution in [2.24, 2.45) is 0 Å². The van der Waals surface area contributed by atoms with Gasteiger partial charge in [-0.2, -0.15) is 0 Å². The highest BCUT2D eigenvalue weighted by molar-refractivity contribution is 5.85. The molecule has 0 saturated carbocycles. The lowest BCUT2D eigenvalue weighted by Gasteiger charge is -2.28. The second-order valence-electron chi connectivity index (χ2n) is 7.57. The van der Waals surface area contributed by atoms with E-state index in [9.17, 15) is 14.4 Å². The number of ether oxygens (including phenoxy) is 3. The number of benzene rings is 1. The van der Waals surface area contributed by atoms with Gasteiger partial charge in [-0.15, -0.1) is 0 Å². The third kappa shape index (κ3) is 9.94. The van der Waals surface area contributed by atoms with Crippen LogP contribution in [0.4, 0.5) is 4.79 Å². The minimum absolute atomic E-state index is 0.0396. The largest absolute Gasteiger partial charge is 0.450 e. The first-order valence-corrected chi connectivity index (χ1v) is 9.65. The maximum Gasteiger partial charge on any atom is 0.408 e. The van der Waals surface area contributed by atoms with Crippen LogP contribution >= 0.6 is 0 Å². The topological polar surface area (TPSA) is 103 Å². The van der Waals surface area contributed by atoms with E-state index in [0.717, 1.165) is 5.56 Å². The van der Waals surface area contributed by atoms with E-state index in [2.05, 4.69) is 10.6 Å². The lowest BCUT2D eigenvalue weighted by atomic mass is 10.1. The average Bonchev–Trinajstić information content (AvgIpc) is 2.63. The van der Waals surface area contributed by atoms with Gasteiger partial charge in [-0.3, -0.25) is 9.59 Å². The summed E-state index contributed by atoms with van der Waals surface area (Å²) in [6.07, 6.45) is -1.25. The molecule has 1 rings (SSSR count). The minimum atomic E-state index is -1.26. The number of alkyl carbamates (subject to hydrolysis) is 1. The molecule has 2 N–H and O–H groups in total. The summed E-state index contributed by atoms with van der Waals surface area (Å²) in [5.74, 6) is -1.06. The average molecular weight is 408 g/mol. The SMILES string of the molecule is CCCC(=O)OC(C(=O)NCc1ccccc1)C(COC)NC(=O)OC(C)(C)C. The molecule has 0 aliphatic heterocycles. The van der Waals surface area contributed by atoms with E-state index >= 15 is 0 Å². The van der Waals surface area contributed by atoms with Crippen LogP contribution in [0.5, 0.6) is 0 Å². The molecule has 0 aliphatic carbocycles. The number of carbonyl (C=O) groups is 3. The van der Waals surface area contributed by atoms with Gasteiger partial charge < -0.3 is 24.8 Å². The molecule has 162 valence electrons. The zero-order chi connectivity index (χ0) is 21.9. The summed E-state index contributed by atoms with van der Waals surface area (Å²) in [6, 6.07) is 8.41. The molecule has 2 unspecified atom stereocenters. The second-order valence-corrected chi connectivity index (χ2v) is 7.57. The summed E-state index contributed by atoms with van der Waals surface area (Å²) in [4.78, 5) is 37.1. The number of rotatable bonds is 10. The first-order valence-electron chi connectivity index (χ1n) is 9.65. The van der Waals surface area contributed by atoms with E-state index in [0.29, 0.717) is 6.42 Å². The van der Waals surface area contributed by atoms with Crippen molar-refractivity contribution in [3.05, 3.63) is 35.9 Å². The van der Waals surface area contributed by atoms with Gasteiger partial charge in [-0.1, -0.05) is 37.3 Å². The van der Waals surface area contributed by atoms with Crippen molar-refractivity contribution in [2.45, 2.75) is 64.8 Å². The van der Waals surface area contributed by atoms with Gasteiger partial charge in [0.05, 0.1) is 6.61 Å².